The number of rotatable bonds is 2. The first-order chi connectivity index (χ1) is 9.01. The second-order valence-corrected chi connectivity index (χ2v) is 5.83. The molecular weight excluding hydrogens is 238 g/mol. The van der Waals surface area contributed by atoms with Crippen molar-refractivity contribution in [1.82, 2.24) is 4.90 Å². The largest absolute Gasteiger partial charge is 0.338 e. The van der Waals surface area contributed by atoms with Crippen LogP contribution in [0.4, 0.5) is 5.69 Å². The minimum atomic E-state index is 0.130. The van der Waals surface area contributed by atoms with Gasteiger partial charge in [-0.25, -0.2) is 0 Å². The summed E-state index contributed by atoms with van der Waals surface area (Å²) >= 11 is 0. The standard InChI is InChI=1S/C15H23N3O/c1-10-6-11(2)9-18(8-10)15(19)13-4-5-14(17-16)12(3)7-13/h4-5,7,10-11,17H,6,8-9,16H2,1-3H3. The van der Waals surface area contributed by atoms with Crippen molar-refractivity contribution in [2.45, 2.75) is 27.2 Å². The molecule has 2 atom stereocenters. The van der Waals surface area contributed by atoms with E-state index in [-0.39, 0.29) is 5.91 Å². The highest BCUT2D eigenvalue weighted by Crippen LogP contribution is 2.23. The monoisotopic (exact) mass is 261 g/mol. The van der Waals surface area contributed by atoms with E-state index in [0.29, 0.717) is 11.8 Å². The number of amides is 1. The second kappa shape index (κ2) is 5.61. The molecule has 1 amide bonds. The maximum Gasteiger partial charge on any atom is 0.253 e. The Hall–Kier alpha value is -1.55. The molecular formula is C15H23N3O. The second-order valence-electron chi connectivity index (χ2n) is 5.83. The van der Waals surface area contributed by atoms with Crippen LogP contribution < -0.4 is 11.3 Å². The number of nitrogens with two attached hydrogens (primary N) is 1. The molecule has 1 aliphatic rings. The number of hydrazine groups is 1. The summed E-state index contributed by atoms with van der Waals surface area (Å²) in [6.07, 6.45) is 1.21. The molecule has 2 rings (SSSR count). The van der Waals surface area contributed by atoms with Crippen LogP contribution in [0.5, 0.6) is 0 Å². The lowest BCUT2D eigenvalue weighted by Crippen LogP contribution is -2.42. The van der Waals surface area contributed by atoms with E-state index in [1.165, 1.54) is 6.42 Å². The van der Waals surface area contributed by atoms with Gasteiger partial charge in [0.05, 0.1) is 5.69 Å². The molecule has 4 heteroatoms. The number of anilines is 1. The molecule has 1 aliphatic heterocycles. The number of carbonyl (C=O) groups is 1. The Morgan fingerprint density at radius 1 is 1.32 bits per heavy atom. The summed E-state index contributed by atoms with van der Waals surface area (Å²) in [5, 5.41) is 0. The molecule has 0 bridgehead atoms. The predicted molar refractivity (Wildman–Crippen MR) is 77.8 cm³/mol. The van der Waals surface area contributed by atoms with Crippen molar-refractivity contribution in [1.29, 1.82) is 0 Å². The molecule has 1 aromatic carbocycles. The summed E-state index contributed by atoms with van der Waals surface area (Å²) in [4.78, 5) is 14.5. The third-order valence-corrected chi connectivity index (χ3v) is 3.78. The molecule has 0 aromatic heterocycles. The van der Waals surface area contributed by atoms with Gasteiger partial charge in [0.1, 0.15) is 0 Å². The smallest absolute Gasteiger partial charge is 0.253 e. The van der Waals surface area contributed by atoms with Gasteiger partial charge in [-0.15, -0.1) is 0 Å². The number of aryl methyl sites for hydroxylation is 1. The fourth-order valence-electron chi connectivity index (χ4n) is 2.97. The SMILES string of the molecule is Cc1cc(C(=O)N2CC(C)CC(C)C2)ccc1NN. The van der Waals surface area contributed by atoms with Gasteiger partial charge in [0.2, 0.25) is 0 Å². The number of nitrogen functional groups attached to an aromatic ring is 1. The molecule has 1 fully saturated rings. The summed E-state index contributed by atoms with van der Waals surface area (Å²) in [5.41, 5.74) is 5.23. The van der Waals surface area contributed by atoms with Crippen molar-refractivity contribution in [3.63, 3.8) is 0 Å². The lowest BCUT2D eigenvalue weighted by atomic mass is 9.91. The normalized spacial score (nSPS) is 23.3. The number of likely N-dealkylation sites (tertiary alicyclic amines) is 1. The van der Waals surface area contributed by atoms with Gasteiger partial charge in [0.15, 0.2) is 0 Å². The van der Waals surface area contributed by atoms with Crippen LogP contribution in [0.15, 0.2) is 18.2 Å². The van der Waals surface area contributed by atoms with Crippen LogP contribution in [0, 0.1) is 18.8 Å². The minimum Gasteiger partial charge on any atom is -0.338 e. The number of nitrogens with one attached hydrogen (secondary N) is 1. The summed E-state index contributed by atoms with van der Waals surface area (Å²) in [6.45, 7) is 8.09. The number of carbonyl (C=O) groups excluding carboxylic acids is 1. The van der Waals surface area contributed by atoms with Gasteiger partial charge in [-0.05, 0) is 48.9 Å². The predicted octanol–water partition coefficient (Wildman–Crippen LogP) is 2.40. The molecule has 1 aromatic rings. The van der Waals surface area contributed by atoms with Crippen molar-refractivity contribution < 1.29 is 4.79 Å². The Morgan fingerprint density at radius 3 is 2.47 bits per heavy atom. The van der Waals surface area contributed by atoms with Gasteiger partial charge >= 0.3 is 0 Å². The van der Waals surface area contributed by atoms with E-state index >= 15 is 0 Å². The van der Waals surface area contributed by atoms with Crippen LogP contribution in [0.3, 0.4) is 0 Å². The number of hydrogen-bond donors (Lipinski definition) is 2. The van der Waals surface area contributed by atoms with Gasteiger partial charge in [-0.1, -0.05) is 13.8 Å². The summed E-state index contributed by atoms with van der Waals surface area (Å²) in [5.74, 6) is 6.70. The molecule has 0 spiro atoms. The third-order valence-electron chi connectivity index (χ3n) is 3.78. The maximum absolute atomic E-state index is 12.5. The lowest BCUT2D eigenvalue weighted by Gasteiger charge is -2.35. The van der Waals surface area contributed by atoms with Crippen LogP contribution in [0.1, 0.15) is 36.2 Å². The number of nitrogens with zero attached hydrogens (tertiary/aromatic N) is 1. The first-order valence-corrected chi connectivity index (χ1v) is 6.87. The Kier molecular flexibility index (Phi) is 4.10. The van der Waals surface area contributed by atoms with Crippen LogP contribution in [0.2, 0.25) is 0 Å². The number of hydrogen-bond acceptors (Lipinski definition) is 3. The van der Waals surface area contributed by atoms with Crippen molar-refractivity contribution in [3.8, 4) is 0 Å². The van der Waals surface area contributed by atoms with E-state index < -0.39 is 0 Å². The van der Waals surface area contributed by atoms with Gasteiger partial charge in [0, 0.05) is 18.7 Å². The van der Waals surface area contributed by atoms with Crippen LogP contribution in [-0.2, 0) is 0 Å². The highest BCUT2D eigenvalue weighted by molar-refractivity contribution is 5.95. The average molecular weight is 261 g/mol. The fourth-order valence-corrected chi connectivity index (χ4v) is 2.97. The van der Waals surface area contributed by atoms with Gasteiger partial charge in [-0.3, -0.25) is 10.6 Å². The van der Waals surface area contributed by atoms with Crippen molar-refractivity contribution in [3.05, 3.63) is 29.3 Å². The Morgan fingerprint density at radius 2 is 1.95 bits per heavy atom. The zero-order valence-electron chi connectivity index (χ0n) is 11.9. The molecule has 1 heterocycles. The summed E-state index contributed by atoms with van der Waals surface area (Å²) < 4.78 is 0. The highest BCUT2D eigenvalue weighted by Gasteiger charge is 2.26. The lowest BCUT2D eigenvalue weighted by molar-refractivity contribution is 0.0623. The Balaban J connectivity index is 2.17. The fraction of sp³-hybridized carbons (Fsp3) is 0.533. The molecule has 104 valence electrons. The van der Waals surface area contributed by atoms with Crippen LogP contribution >= 0.6 is 0 Å². The van der Waals surface area contributed by atoms with Gasteiger partial charge in [-0.2, -0.15) is 0 Å². The van der Waals surface area contributed by atoms with E-state index in [1.807, 2.05) is 30.0 Å². The van der Waals surface area contributed by atoms with Crippen molar-refractivity contribution in [2.24, 2.45) is 17.7 Å². The van der Waals surface area contributed by atoms with Crippen molar-refractivity contribution >= 4 is 11.6 Å². The highest BCUT2D eigenvalue weighted by atomic mass is 16.2. The average Bonchev–Trinajstić information content (AvgIpc) is 2.36. The Bertz CT molecular complexity index is 462. The van der Waals surface area contributed by atoms with Crippen LogP contribution in [0.25, 0.3) is 0 Å². The minimum absolute atomic E-state index is 0.130. The van der Waals surface area contributed by atoms with E-state index in [2.05, 4.69) is 19.3 Å². The van der Waals surface area contributed by atoms with E-state index in [1.54, 1.807) is 0 Å². The molecule has 0 aliphatic carbocycles. The quantitative estimate of drug-likeness (QED) is 0.635. The molecule has 2 unspecified atom stereocenters. The molecule has 0 radical (unpaired) electrons. The Labute approximate surface area is 114 Å². The van der Waals surface area contributed by atoms with E-state index in [9.17, 15) is 4.79 Å². The summed E-state index contributed by atoms with van der Waals surface area (Å²) in [6, 6.07) is 5.61. The molecule has 3 N–H and O–H groups in total. The number of benzene rings is 1. The summed E-state index contributed by atoms with van der Waals surface area (Å²) in [7, 11) is 0. The maximum atomic E-state index is 12.5. The first kappa shape index (κ1) is 13.9. The molecule has 0 saturated carbocycles. The van der Waals surface area contributed by atoms with E-state index in [0.717, 1.165) is 29.9 Å². The van der Waals surface area contributed by atoms with Crippen molar-refractivity contribution in [2.75, 3.05) is 18.5 Å². The van der Waals surface area contributed by atoms with E-state index in [4.69, 9.17) is 5.84 Å². The zero-order valence-corrected chi connectivity index (χ0v) is 11.9. The zero-order chi connectivity index (χ0) is 14.0. The van der Waals surface area contributed by atoms with Crippen LogP contribution in [-0.4, -0.2) is 23.9 Å². The first-order valence-electron chi connectivity index (χ1n) is 6.87. The molecule has 4 nitrogen and oxygen atoms in total. The molecule has 1 saturated heterocycles. The van der Waals surface area contributed by atoms with Gasteiger partial charge < -0.3 is 10.3 Å². The number of piperidine rings is 1. The third kappa shape index (κ3) is 3.07. The topological polar surface area (TPSA) is 58.4 Å². The van der Waals surface area contributed by atoms with Gasteiger partial charge in [0.25, 0.3) is 5.91 Å². The molecule has 19 heavy (non-hydrogen) atoms.